The van der Waals surface area contributed by atoms with E-state index in [9.17, 15) is 13.2 Å². The topological polar surface area (TPSA) is 107 Å². The molecule has 1 amide bonds. The van der Waals surface area contributed by atoms with E-state index in [0.29, 0.717) is 30.9 Å². The molecule has 1 fully saturated rings. The number of sulfone groups is 1. The fourth-order valence-electron chi connectivity index (χ4n) is 2.24. The molecular weight excluding hydrogens is 268 g/mol. The quantitative estimate of drug-likeness (QED) is 0.786. The van der Waals surface area contributed by atoms with Gasteiger partial charge in [0.25, 0.3) is 5.91 Å². The highest BCUT2D eigenvalue weighted by molar-refractivity contribution is 7.91. The lowest BCUT2D eigenvalue weighted by Crippen LogP contribution is -2.32. The summed E-state index contributed by atoms with van der Waals surface area (Å²) < 4.78 is 24.2. The van der Waals surface area contributed by atoms with Gasteiger partial charge in [0.1, 0.15) is 5.69 Å². The van der Waals surface area contributed by atoms with Crippen LogP contribution in [0.3, 0.4) is 0 Å². The number of nitrogens with two attached hydrogens (primary N) is 1. The van der Waals surface area contributed by atoms with Crippen molar-refractivity contribution in [1.29, 1.82) is 0 Å². The Balaban J connectivity index is 1.97. The molecule has 1 aliphatic rings. The zero-order chi connectivity index (χ0) is 14.0. The van der Waals surface area contributed by atoms with Crippen molar-refractivity contribution in [1.82, 2.24) is 15.1 Å². The van der Waals surface area contributed by atoms with E-state index in [1.54, 1.807) is 0 Å². The van der Waals surface area contributed by atoms with Crippen LogP contribution in [0.5, 0.6) is 0 Å². The van der Waals surface area contributed by atoms with Gasteiger partial charge in [-0.25, -0.2) is 8.42 Å². The third-order valence-corrected chi connectivity index (χ3v) is 5.10. The van der Waals surface area contributed by atoms with E-state index >= 15 is 0 Å². The first-order valence-corrected chi connectivity index (χ1v) is 8.05. The number of carbonyl (C=O) groups excluding carboxylic acids is 1. The Morgan fingerprint density at radius 1 is 1.63 bits per heavy atom. The van der Waals surface area contributed by atoms with Crippen LogP contribution in [0.1, 0.15) is 23.8 Å². The summed E-state index contributed by atoms with van der Waals surface area (Å²) in [5, 5.41) is 6.73. The molecule has 2 heterocycles. The van der Waals surface area contributed by atoms with Gasteiger partial charge in [-0.15, -0.1) is 0 Å². The second kappa shape index (κ2) is 5.20. The van der Waals surface area contributed by atoms with Gasteiger partial charge in [0, 0.05) is 13.1 Å². The van der Waals surface area contributed by atoms with Gasteiger partial charge in [0.2, 0.25) is 0 Å². The third kappa shape index (κ3) is 3.06. The number of nitrogens with one attached hydrogen (secondary N) is 1. The number of hydrogen-bond acceptors (Lipinski definition) is 5. The number of carbonyl (C=O) groups is 1. The van der Waals surface area contributed by atoms with E-state index in [1.807, 2.05) is 6.92 Å². The molecule has 106 valence electrons. The van der Waals surface area contributed by atoms with E-state index in [-0.39, 0.29) is 23.3 Å². The maximum atomic E-state index is 12.0. The lowest BCUT2D eigenvalue weighted by Gasteiger charge is -2.11. The maximum Gasteiger partial charge on any atom is 0.271 e. The van der Waals surface area contributed by atoms with Crippen molar-refractivity contribution in [3.05, 3.63) is 11.9 Å². The average molecular weight is 286 g/mol. The average Bonchev–Trinajstić information content (AvgIpc) is 2.89. The van der Waals surface area contributed by atoms with Crippen molar-refractivity contribution in [3.63, 3.8) is 0 Å². The molecule has 1 unspecified atom stereocenters. The number of hydrogen-bond donors (Lipinski definition) is 2. The van der Waals surface area contributed by atoms with Crippen molar-refractivity contribution in [3.8, 4) is 0 Å². The second-order valence-corrected chi connectivity index (χ2v) is 6.97. The van der Waals surface area contributed by atoms with Crippen LogP contribution in [-0.4, -0.2) is 42.2 Å². The summed E-state index contributed by atoms with van der Waals surface area (Å²) in [6.07, 6.45) is 2.05. The van der Waals surface area contributed by atoms with Crippen molar-refractivity contribution >= 4 is 21.4 Å². The number of anilines is 1. The number of nitrogens with zero attached hydrogens (tertiary/aromatic N) is 2. The summed E-state index contributed by atoms with van der Waals surface area (Å²) in [4.78, 5) is 12.0. The second-order valence-electron chi connectivity index (χ2n) is 4.74. The SMILES string of the molecule is CCn1ncc(N)c1C(=O)NCC1CCS(=O)(=O)C1. The van der Waals surface area contributed by atoms with Crippen molar-refractivity contribution < 1.29 is 13.2 Å². The van der Waals surface area contributed by atoms with E-state index in [2.05, 4.69) is 10.4 Å². The van der Waals surface area contributed by atoms with Gasteiger partial charge >= 0.3 is 0 Å². The van der Waals surface area contributed by atoms with Crippen LogP contribution in [-0.2, 0) is 16.4 Å². The van der Waals surface area contributed by atoms with E-state index < -0.39 is 9.84 Å². The lowest BCUT2D eigenvalue weighted by atomic mass is 10.1. The Morgan fingerprint density at radius 2 is 2.37 bits per heavy atom. The summed E-state index contributed by atoms with van der Waals surface area (Å²) in [6.45, 7) is 2.77. The first-order chi connectivity index (χ1) is 8.93. The van der Waals surface area contributed by atoms with Crippen LogP contribution >= 0.6 is 0 Å². The monoisotopic (exact) mass is 286 g/mol. The summed E-state index contributed by atoms with van der Waals surface area (Å²) in [5.41, 5.74) is 6.37. The van der Waals surface area contributed by atoms with Crippen LogP contribution < -0.4 is 11.1 Å². The van der Waals surface area contributed by atoms with Gasteiger partial charge in [-0.2, -0.15) is 5.10 Å². The molecule has 7 nitrogen and oxygen atoms in total. The zero-order valence-corrected chi connectivity index (χ0v) is 11.6. The molecule has 1 aliphatic heterocycles. The molecule has 1 aromatic heterocycles. The fraction of sp³-hybridized carbons (Fsp3) is 0.636. The number of aryl methyl sites for hydroxylation is 1. The minimum atomic E-state index is -2.91. The molecule has 1 aromatic rings. The number of nitrogen functional groups attached to an aromatic ring is 1. The molecular formula is C11H18N4O3S. The predicted octanol–water partition coefficient (Wildman–Crippen LogP) is -0.350. The summed E-state index contributed by atoms with van der Waals surface area (Å²) in [6, 6.07) is 0. The molecule has 1 atom stereocenters. The minimum absolute atomic E-state index is 0.00632. The highest BCUT2D eigenvalue weighted by atomic mass is 32.2. The fourth-order valence-corrected chi connectivity index (χ4v) is 4.10. The number of rotatable bonds is 4. The molecule has 0 spiro atoms. The van der Waals surface area contributed by atoms with E-state index in [4.69, 9.17) is 5.73 Å². The van der Waals surface area contributed by atoms with Crippen LogP contribution in [0, 0.1) is 5.92 Å². The maximum absolute atomic E-state index is 12.0. The van der Waals surface area contributed by atoms with Gasteiger partial charge in [0.15, 0.2) is 9.84 Å². The van der Waals surface area contributed by atoms with E-state index in [1.165, 1.54) is 10.9 Å². The molecule has 0 saturated carbocycles. The highest BCUT2D eigenvalue weighted by Gasteiger charge is 2.28. The predicted molar refractivity (Wildman–Crippen MR) is 71.4 cm³/mol. The molecule has 2 rings (SSSR count). The lowest BCUT2D eigenvalue weighted by molar-refractivity contribution is 0.0938. The number of aromatic nitrogens is 2. The van der Waals surface area contributed by atoms with Gasteiger partial charge < -0.3 is 11.1 Å². The summed E-state index contributed by atoms with van der Waals surface area (Å²) in [5.74, 6) is 0.0487. The third-order valence-electron chi connectivity index (χ3n) is 3.26. The Morgan fingerprint density at radius 3 is 2.95 bits per heavy atom. The molecule has 8 heteroatoms. The first-order valence-electron chi connectivity index (χ1n) is 6.23. The summed E-state index contributed by atoms with van der Waals surface area (Å²) in [7, 11) is -2.91. The molecule has 19 heavy (non-hydrogen) atoms. The van der Waals surface area contributed by atoms with Crippen molar-refractivity contribution in [2.24, 2.45) is 5.92 Å². The summed E-state index contributed by atoms with van der Waals surface area (Å²) >= 11 is 0. The normalized spacial score (nSPS) is 21.4. The van der Waals surface area contributed by atoms with Gasteiger partial charge in [-0.3, -0.25) is 9.48 Å². The Labute approximate surface area is 112 Å². The van der Waals surface area contributed by atoms with Crippen LogP contribution in [0.15, 0.2) is 6.20 Å². The molecule has 0 aliphatic carbocycles. The minimum Gasteiger partial charge on any atom is -0.396 e. The Kier molecular flexibility index (Phi) is 3.79. The molecule has 0 aromatic carbocycles. The van der Waals surface area contributed by atoms with Crippen LogP contribution in [0.2, 0.25) is 0 Å². The largest absolute Gasteiger partial charge is 0.396 e. The Bertz CT molecular complexity index is 579. The number of amides is 1. The van der Waals surface area contributed by atoms with Gasteiger partial charge in [-0.1, -0.05) is 0 Å². The Hall–Kier alpha value is -1.57. The smallest absolute Gasteiger partial charge is 0.271 e. The first kappa shape index (κ1) is 13.9. The van der Waals surface area contributed by atoms with Gasteiger partial charge in [0.05, 0.1) is 23.4 Å². The van der Waals surface area contributed by atoms with Crippen molar-refractivity contribution in [2.45, 2.75) is 19.9 Å². The van der Waals surface area contributed by atoms with Crippen molar-refractivity contribution in [2.75, 3.05) is 23.8 Å². The molecule has 3 N–H and O–H groups in total. The molecule has 0 radical (unpaired) electrons. The highest BCUT2D eigenvalue weighted by Crippen LogP contribution is 2.18. The standard InChI is InChI=1S/C11H18N4O3S/c1-2-15-10(9(12)6-14-15)11(16)13-5-8-3-4-19(17,18)7-8/h6,8H,2-5,7,12H2,1H3,(H,13,16). The van der Waals surface area contributed by atoms with E-state index in [0.717, 1.165) is 0 Å². The molecule has 0 bridgehead atoms. The van der Waals surface area contributed by atoms with Crippen LogP contribution in [0.25, 0.3) is 0 Å². The zero-order valence-electron chi connectivity index (χ0n) is 10.8. The van der Waals surface area contributed by atoms with Gasteiger partial charge in [-0.05, 0) is 19.3 Å². The van der Waals surface area contributed by atoms with Crippen LogP contribution in [0.4, 0.5) is 5.69 Å². The molecule has 1 saturated heterocycles.